The van der Waals surface area contributed by atoms with Crippen LogP contribution in [-0.4, -0.2) is 7.05 Å². The molecule has 0 amide bonds. The van der Waals surface area contributed by atoms with E-state index in [1.165, 1.54) is 0 Å². The highest BCUT2D eigenvalue weighted by molar-refractivity contribution is 5.57. The molecule has 18 heavy (non-hydrogen) atoms. The SMILES string of the molecule is C=C(N)/C=C\C(=C/C)Nc1ccc(N(C)N)cc1. The molecule has 0 saturated carbocycles. The molecule has 0 heterocycles. The number of nitrogens with one attached hydrogen (secondary N) is 1. The van der Waals surface area contributed by atoms with Crippen LogP contribution < -0.4 is 21.9 Å². The van der Waals surface area contributed by atoms with Gasteiger partial charge in [0.25, 0.3) is 0 Å². The molecule has 0 aromatic heterocycles. The monoisotopic (exact) mass is 244 g/mol. The van der Waals surface area contributed by atoms with Gasteiger partial charge in [0.05, 0.1) is 5.69 Å². The van der Waals surface area contributed by atoms with Crippen LogP contribution in [0.2, 0.25) is 0 Å². The van der Waals surface area contributed by atoms with Gasteiger partial charge in [-0.2, -0.15) is 0 Å². The molecule has 0 unspecified atom stereocenters. The summed E-state index contributed by atoms with van der Waals surface area (Å²) in [6.07, 6.45) is 5.60. The van der Waals surface area contributed by atoms with Crippen molar-refractivity contribution < 1.29 is 0 Å². The highest BCUT2D eigenvalue weighted by Gasteiger charge is 1.97. The number of hydrogen-bond donors (Lipinski definition) is 3. The van der Waals surface area contributed by atoms with E-state index in [-0.39, 0.29) is 0 Å². The topological polar surface area (TPSA) is 67.3 Å². The zero-order valence-electron chi connectivity index (χ0n) is 10.9. The van der Waals surface area contributed by atoms with E-state index in [1.54, 1.807) is 18.1 Å². The van der Waals surface area contributed by atoms with Crippen LogP contribution in [0.25, 0.3) is 0 Å². The summed E-state index contributed by atoms with van der Waals surface area (Å²) in [6.45, 7) is 5.57. The van der Waals surface area contributed by atoms with Crippen molar-refractivity contribution >= 4 is 11.4 Å². The van der Waals surface area contributed by atoms with E-state index in [1.807, 2.05) is 43.3 Å². The number of allylic oxidation sites excluding steroid dienone is 3. The summed E-state index contributed by atoms with van der Waals surface area (Å²) in [5.41, 5.74) is 8.90. The van der Waals surface area contributed by atoms with E-state index in [9.17, 15) is 0 Å². The van der Waals surface area contributed by atoms with Gasteiger partial charge in [-0.15, -0.1) is 0 Å². The third-order valence-electron chi connectivity index (χ3n) is 2.35. The van der Waals surface area contributed by atoms with E-state index in [0.29, 0.717) is 5.70 Å². The normalized spacial score (nSPS) is 11.6. The average Bonchev–Trinajstić information content (AvgIpc) is 2.34. The van der Waals surface area contributed by atoms with Gasteiger partial charge < -0.3 is 16.1 Å². The highest BCUT2D eigenvalue weighted by atomic mass is 15.4. The van der Waals surface area contributed by atoms with Crippen molar-refractivity contribution in [2.45, 2.75) is 6.92 Å². The number of nitrogens with zero attached hydrogens (tertiary/aromatic N) is 1. The maximum atomic E-state index is 5.64. The molecular formula is C14H20N4. The van der Waals surface area contributed by atoms with Crippen LogP contribution in [0.4, 0.5) is 11.4 Å². The first kappa shape index (κ1) is 13.9. The molecule has 0 atom stereocenters. The van der Waals surface area contributed by atoms with Crippen molar-refractivity contribution in [1.29, 1.82) is 0 Å². The van der Waals surface area contributed by atoms with Crippen LogP contribution in [0, 0.1) is 0 Å². The maximum absolute atomic E-state index is 5.64. The number of nitrogens with two attached hydrogens (primary N) is 2. The van der Waals surface area contributed by atoms with Crippen LogP contribution in [-0.2, 0) is 0 Å². The standard InChI is InChI=1S/C14H20N4/c1-4-12(6-5-11(2)15)17-13-7-9-14(10-8-13)18(3)16/h4-10,17H,2,15-16H2,1,3H3/b6-5-,12-4+. The van der Waals surface area contributed by atoms with Crippen LogP contribution in [0.5, 0.6) is 0 Å². The number of hydrogen-bond acceptors (Lipinski definition) is 4. The van der Waals surface area contributed by atoms with Gasteiger partial charge in [0.1, 0.15) is 0 Å². The highest BCUT2D eigenvalue weighted by Crippen LogP contribution is 2.16. The fourth-order valence-corrected chi connectivity index (χ4v) is 1.35. The third kappa shape index (κ3) is 4.35. The molecule has 5 N–H and O–H groups in total. The van der Waals surface area contributed by atoms with Crippen molar-refractivity contribution in [3.63, 3.8) is 0 Å². The van der Waals surface area contributed by atoms with Crippen LogP contribution in [0.3, 0.4) is 0 Å². The summed E-state index contributed by atoms with van der Waals surface area (Å²) >= 11 is 0. The molecule has 0 spiro atoms. The molecule has 1 rings (SSSR count). The molecule has 0 bridgehead atoms. The third-order valence-corrected chi connectivity index (χ3v) is 2.35. The van der Waals surface area contributed by atoms with Gasteiger partial charge in [-0.25, -0.2) is 5.84 Å². The molecule has 0 fully saturated rings. The summed E-state index contributed by atoms with van der Waals surface area (Å²) in [4.78, 5) is 0. The smallest absolute Gasteiger partial charge is 0.0515 e. The molecule has 0 radical (unpaired) electrons. The molecule has 4 nitrogen and oxygen atoms in total. The largest absolute Gasteiger partial charge is 0.399 e. The maximum Gasteiger partial charge on any atom is 0.0515 e. The fourth-order valence-electron chi connectivity index (χ4n) is 1.35. The van der Waals surface area contributed by atoms with E-state index < -0.39 is 0 Å². The minimum Gasteiger partial charge on any atom is -0.399 e. The molecule has 0 aliphatic carbocycles. The van der Waals surface area contributed by atoms with Crippen molar-refractivity contribution in [1.82, 2.24) is 0 Å². The molecular weight excluding hydrogens is 224 g/mol. The molecule has 96 valence electrons. The summed E-state index contributed by atoms with van der Waals surface area (Å²) in [7, 11) is 1.80. The zero-order chi connectivity index (χ0) is 13.5. The van der Waals surface area contributed by atoms with Crippen molar-refractivity contribution in [2.24, 2.45) is 11.6 Å². The van der Waals surface area contributed by atoms with Crippen molar-refractivity contribution in [3.05, 3.63) is 60.5 Å². The number of benzene rings is 1. The van der Waals surface area contributed by atoms with Crippen LogP contribution >= 0.6 is 0 Å². The predicted octanol–water partition coefficient (Wildman–Crippen LogP) is 2.34. The van der Waals surface area contributed by atoms with E-state index >= 15 is 0 Å². The fraction of sp³-hybridized carbons (Fsp3) is 0.143. The summed E-state index contributed by atoms with van der Waals surface area (Å²) in [5.74, 6) is 5.64. The first-order chi connectivity index (χ1) is 8.52. The second kappa shape index (κ2) is 6.51. The van der Waals surface area contributed by atoms with E-state index in [0.717, 1.165) is 17.1 Å². The van der Waals surface area contributed by atoms with Crippen molar-refractivity contribution in [3.8, 4) is 0 Å². The minimum absolute atomic E-state index is 0.524. The van der Waals surface area contributed by atoms with Gasteiger partial charge >= 0.3 is 0 Å². The molecule has 1 aromatic carbocycles. The van der Waals surface area contributed by atoms with Gasteiger partial charge in [0, 0.05) is 24.1 Å². The lowest BCUT2D eigenvalue weighted by atomic mass is 10.2. The lowest BCUT2D eigenvalue weighted by Crippen LogP contribution is -2.24. The van der Waals surface area contributed by atoms with Crippen LogP contribution in [0.1, 0.15) is 6.92 Å². The molecule has 4 heteroatoms. The lowest BCUT2D eigenvalue weighted by molar-refractivity contribution is 1.02. The summed E-state index contributed by atoms with van der Waals surface area (Å²) < 4.78 is 0. The Morgan fingerprint density at radius 2 is 1.89 bits per heavy atom. The minimum atomic E-state index is 0.524. The molecule has 0 aliphatic heterocycles. The van der Waals surface area contributed by atoms with E-state index in [4.69, 9.17) is 11.6 Å². The Hall–Kier alpha value is -2.20. The first-order valence-electron chi connectivity index (χ1n) is 5.67. The summed E-state index contributed by atoms with van der Waals surface area (Å²) in [5, 5.41) is 4.84. The Bertz CT molecular complexity index is 455. The number of anilines is 2. The number of hydrazine groups is 1. The predicted molar refractivity (Wildman–Crippen MR) is 78.9 cm³/mol. The molecule has 0 aliphatic rings. The van der Waals surface area contributed by atoms with E-state index in [2.05, 4.69) is 11.9 Å². The zero-order valence-corrected chi connectivity index (χ0v) is 10.9. The first-order valence-corrected chi connectivity index (χ1v) is 5.67. The number of rotatable bonds is 5. The second-order valence-corrected chi connectivity index (χ2v) is 3.94. The molecule has 1 aromatic rings. The summed E-state index contributed by atoms with van der Waals surface area (Å²) in [6, 6.07) is 7.82. The lowest BCUT2D eigenvalue weighted by Gasteiger charge is -2.13. The van der Waals surface area contributed by atoms with Crippen molar-refractivity contribution in [2.75, 3.05) is 17.4 Å². The second-order valence-electron chi connectivity index (χ2n) is 3.94. The van der Waals surface area contributed by atoms with Gasteiger partial charge in [-0.3, -0.25) is 0 Å². The van der Waals surface area contributed by atoms with Crippen LogP contribution in [0.15, 0.2) is 60.5 Å². The van der Waals surface area contributed by atoms with Gasteiger partial charge in [0.15, 0.2) is 0 Å². The van der Waals surface area contributed by atoms with Gasteiger partial charge in [0.2, 0.25) is 0 Å². The quantitative estimate of drug-likeness (QED) is 0.422. The Morgan fingerprint density at radius 3 is 2.33 bits per heavy atom. The van der Waals surface area contributed by atoms with Gasteiger partial charge in [-0.05, 0) is 43.3 Å². The Kier molecular flexibility index (Phi) is 5.02. The molecule has 0 saturated heterocycles. The Labute approximate surface area is 108 Å². The average molecular weight is 244 g/mol. The Balaban J connectivity index is 2.74. The van der Waals surface area contributed by atoms with Gasteiger partial charge in [-0.1, -0.05) is 12.7 Å². The Morgan fingerprint density at radius 1 is 1.28 bits per heavy atom.